The van der Waals surface area contributed by atoms with Crippen molar-refractivity contribution >= 4 is 28.5 Å². The van der Waals surface area contributed by atoms with Crippen LogP contribution in [-0.4, -0.2) is 23.6 Å². The summed E-state index contributed by atoms with van der Waals surface area (Å²) in [5.74, 6) is -0.495. The van der Waals surface area contributed by atoms with Crippen LogP contribution in [0, 0.1) is 0 Å². The molecule has 2 aromatic carbocycles. The van der Waals surface area contributed by atoms with Crippen LogP contribution in [0.4, 0.5) is 5.69 Å². The van der Waals surface area contributed by atoms with Gasteiger partial charge in [-0.2, -0.15) is 0 Å². The number of fused-ring (bicyclic) bond motifs is 2. The Kier molecular flexibility index (Phi) is 3.65. The van der Waals surface area contributed by atoms with Crippen molar-refractivity contribution in [2.45, 2.75) is 12.8 Å². The second-order valence-electron chi connectivity index (χ2n) is 5.93. The molecule has 0 bridgehead atoms. The number of benzene rings is 2. The van der Waals surface area contributed by atoms with E-state index in [0.29, 0.717) is 23.3 Å². The minimum atomic E-state index is -1.12. The van der Waals surface area contributed by atoms with Crippen LogP contribution >= 0.6 is 0 Å². The summed E-state index contributed by atoms with van der Waals surface area (Å²) < 4.78 is 10.7. The lowest BCUT2D eigenvalue weighted by atomic mass is 10.1. The standard InChI is InChI=1S/C19H15NO5/c21-18(8-11-1-3-15-12(7-11)5-6-24-15)20-14-2-4-16-13(9-14)10-17(25-16)19(22)23/h1-4,7,9-10H,5-6,8H2,(H,20,21)(H,22,23). The minimum absolute atomic E-state index is 0.126. The first kappa shape index (κ1) is 15.3. The molecule has 25 heavy (non-hydrogen) atoms. The maximum absolute atomic E-state index is 12.3. The molecular formula is C19H15NO5. The molecule has 126 valence electrons. The first-order valence-corrected chi connectivity index (χ1v) is 7.90. The largest absolute Gasteiger partial charge is 0.493 e. The Labute approximate surface area is 143 Å². The molecule has 2 N–H and O–H groups in total. The fourth-order valence-electron chi connectivity index (χ4n) is 2.97. The first-order valence-electron chi connectivity index (χ1n) is 7.90. The van der Waals surface area contributed by atoms with E-state index >= 15 is 0 Å². The highest BCUT2D eigenvalue weighted by atomic mass is 16.5. The van der Waals surface area contributed by atoms with Crippen LogP contribution in [0.3, 0.4) is 0 Å². The predicted octanol–water partition coefficient (Wildman–Crippen LogP) is 3.25. The summed E-state index contributed by atoms with van der Waals surface area (Å²) >= 11 is 0. The van der Waals surface area contributed by atoms with Gasteiger partial charge < -0.3 is 19.6 Å². The smallest absolute Gasteiger partial charge is 0.371 e. The molecule has 1 aromatic heterocycles. The van der Waals surface area contributed by atoms with Gasteiger partial charge in [-0.1, -0.05) is 12.1 Å². The summed E-state index contributed by atoms with van der Waals surface area (Å²) in [7, 11) is 0. The quantitative estimate of drug-likeness (QED) is 0.763. The Morgan fingerprint density at radius 1 is 1.12 bits per heavy atom. The zero-order valence-corrected chi connectivity index (χ0v) is 13.2. The molecule has 1 aliphatic rings. The van der Waals surface area contributed by atoms with Gasteiger partial charge >= 0.3 is 5.97 Å². The maximum Gasteiger partial charge on any atom is 0.371 e. The summed E-state index contributed by atoms with van der Waals surface area (Å²) in [4.78, 5) is 23.2. The molecule has 0 aliphatic carbocycles. The van der Waals surface area contributed by atoms with E-state index in [1.165, 1.54) is 6.07 Å². The molecule has 6 heteroatoms. The summed E-state index contributed by atoms with van der Waals surface area (Å²) in [5.41, 5.74) is 3.12. The second-order valence-corrected chi connectivity index (χ2v) is 5.93. The second kappa shape index (κ2) is 5.98. The molecule has 3 aromatic rings. The molecule has 0 spiro atoms. The van der Waals surface area contributed by atoms with Gasteiger partial charge in [0.05, 0.1) is 13.0 Å². The van der Waals surface area contributed by atoms with Crippen LogP contribution in [0.2, 0.25) is 0 Å². The Bertz CT molecular complexity index is 989. The number of ether oxygens (including phenoxy) is 1. The zero-order valence-electron chi connectivity index (χ0n) is 13.2. The van der Waals surface area contributed by atoms with E-state index in [0.717, 1.165) is 23.3 Å². The third-order valence-electron chi connectivity index (χ3n) is 4.13. The number of carboxylic acids is 1. The Hall–Kier alpha value is -3.28. The summed E-state index contributed by atoms with van der Waals surface area (Å²) in [5, 5.41) is 12.4. The third kappa shape index (κ3) is 3.06. The number of hydrogen-bond acceptors (Lipinski definition) is 4. The molecule has 2 heterocycles. The number of carbonyl (C=O) groups is 2. The number of rotatable bonds is 4. The maximum atomic E-state index is 12.3. The number of carbonyl (C=O) groups excluding carboxylic acids is 1. The highest BCUT2D eigenvalue weighted by Crippen LogP contribution is 2.26. The van der Waals surface area contributed by atoms with E-state index in [4.69, 9.17) is 14.3 Å². The van der Waals surface area contributed by atoms with Crippen LogP contribution in [0.25, 0.3) is 11.0 Å². The van der Waals surface area contributed by atoms with Gasteiger partial charge in [-0.15, -0.1) is 0 Å². The lowest BCUT2D eigenvalue weighted by molar-refractivity contribution is -0.115. The van der Waals surface area contributed by atoms with Crippen LogP contribution in [0.15, 0.2) is 46.9 Å². The van der Waals surface area contributed by atoms with Gasteiger partial charge in [0.15, 0.2) is 0 Å². The van der Waals surface area contributed by atoms with Crippen molar-refractivity contribution in [3.05, 3.63) is 59.4 Å². The molecule has 0 unspecified atom stereocenters. The van der Waals surface area contributed by atoms with E-state index in [1.54, 1.807) is 18.2 Å². The zero-order chi connectivity index (χ0) is 17.4. The third-order valence-corrected chi connectivity index (χ3v) is 4.13. The topological polar surface area (TPSA) is 88.8 Å². The number of nitrogens with one attached hydrogen (secondary N) is 1. The molecule has 1 amide bonds. The Balaban J connectivity index is 1.48. The van der Waals surface area contributed by atoms with Gasteiger partial charge in [0.2, 0.25) is 11.7 Å². The van der Waals surface area contributed by atoms with E-state index in [-0.39, 0.29) is 18.1 Å². The average Bonchev–Trinajstić information content (AvgIpc) is 3.20. The average molecular weight is 337 g/mol. The van der Waals surface area contributed by atoms with Gasteiger partial charge in [-0.25, -0.2) is 4.79 Å². The molecule has 0 saturated carbocycles. The van der Waals surface area contributed by atoms with Crippen LogP contribution < -0.4 is 10.1 Å². The van der Waals surface area contributed by atoms with E-state index < -0.39 is 5.97 Å². The lowest BCUT2D eigenvalue weighted by Crippen LogP contribution is -2.14. The van der Waals surface area contributed by atoms with Crippen LogP contribution in [0.5, 0.6) is 5.75 Å². The molecule has 6 nitrogen and oxygen atoms in total. The minimum Gasteiger partial charge on any atom is -0.493 e. The van der Waals surface area contributed by atoms with Gasteiger partial charge in [-0.05, 0) is 41.5 Å². The van der Waals surface area contributed by atoms with E-state index in [2.05, 4.69) is 5.32 Å². The molecular weight excluding hydrogens is 322 g/mol. The molecule has 4 rings (SSSR count). The van der Waals surface area contributed by atoms with Gasteiger partial charge in [0.25, 0.3) is 0 Å². The molecule has 0 atom stereocenters. The predicted molar refractivity (Wildman–Crippen MR) is 91.1 cm³/mol. The van der Waals surface area contributed by atoms with Gasteiger partial charge in [-0.3, -0.25) is 4.79 Å². The Morgan fingerprint density at radius 2 is 2.00 bits per heavy atom. The summed E-state index contributed by atoms with van der Waals surface area (Å²) in [6, 6.07) is 12.3. The molecule has 0 fully saturated rings. The van der Waals surface area contributed by atoms with Crippen LogP contribution in [0.1, 0.15) is 21.7 Å². The molecule has 1 aliphatic heterocycles. The molecule has 0 radical (unpaired) electrons. The molecule has 0 saturated heterocycles. The monoisotopic (exact) mass is 337 g/mol. The highest BCUT2D eigenvalue weighted by Gasteiger charge is 2.14. The van der Waals surface area contributed by atoms with Crippen molar-refractivity contribution in [2.24, 2.45) is 0 Å². The van der Waals surface area contributed by atoms with Crippen molar-refractivity contribution in [2.75, 3.05) is 11.9 Å². The Morgan fingerprint density at radius 3 is 2.84 bits per heavy atom. The fourth-order valence-corrected chi connectivity index (χ4v) is 2.97. The number of anilines is 1. The van der Waals surface area contributed by atoms with Crippen molar-refractivity contribution in [3.8, 4) is 5.75 Å². The van der Waals surface area contributed by atoms with Gasteiger partial charge in [0.1, 0.15) is 11.3 Å². The SMILES string of the molecule is O=C(Cc1ccc2c(c1)CCO2)Nc1ccc2oc(C(=O)O)cc2c1. The lowest BCUT2D eigenvalue weighted by Gasteiger charge is -2.06. The highest BCUT2D eigenvalue weighted by molar-refractivity contribution is 5.96. The number of furan rings is 1. The number of carboxylic acid groups (broad SMARTS) is 1. The summed E-state index contributed by atoms with van der Waals surface area (Å²) in [6.45, 7) is 0.689. The van der Waals surface area contributed by atoms with Crippen molar-refractivity contribution in [1.82, 2.24) is 0 Å². The van der Waals surface area contributed by atoms with Crippen molar-refractivity contribution in [1.29, 1.82) is 0 Å². The van der Waals surface area contributed by atoms with E-state index in [1.807, 2.05) is 18.2 Å². The van der Waals surface area contributed by atoms with Crippen LogP contribution in [-0.2, 0) is 17.6 Å². The number of hydrogen-bond donors (Lipinski definition) is 2. The van der Waals surface area contributed by atoms with Crippen molar-refractivity contribution in [3.63, 3.8) is 0 Å². The number of amides is 1. The van der Waals surface area contributed by atoms with E-state index in [9.17, 15) is 9.59 Å². The summed E-state index contributed by atoms with van der Waals surface area (Å²) in [6.07, 6.45) is 1.13. The van der Waals surface area contributed by atoms with Crippen molar-refractivity contribution < 1.29 is 23.8 Å². The first-order chi connectivity index (χ1) is 12.1. The number of aromatic carboxylic acids is 1. The van der Waals surface area contributed by atoms with Gasteiger partial charge in [0, 0.05) is 17.5 Å². The normalized spacial score (nSPS) is 12.6. The fraction of sp³-hybridized carbons (Fsp3) is 0.158.